The zero-order valence-corrected chi connectivity index (χ0v) is 12.0. The summed E-state index contributed by atoms with van der Waals surface area (Å²) in [5, 5.41) is 8.54. The summed E-state index contributed by atoms with van der Waals surface area (Å²) in [5.41, 5.74) is 3.91. The second kappa shape index (κ2) is 4.73. The van der Waals surface area contributed by atoms with E-state index in [0.717, 1.165) is 28.0 Å². The number of pyridine rings is 1. The van der Waals surface area contributed by atoms with Crippen molar-refractivity contribution in [3.63, 3.8) is 0 Å². The van der Waals surface area contributed by atoms with Crippen molar-refractivity contribution in [3.8, 4) is 16.9 Å². The van der Waals surface area contributed by atoms with E-state index >= 15 is 0 Å². The van der Waals surface area contributed by atoms with Crippen LogP contribution in [0.5, 0.6) is 0 Å². The highest BCUT2D eigenvalue weighted by molar-refractivity contribution is 5.93. The molecule has 0 atom stereocenters. The van der Waals surface area contributed by atoms with Gasteiger partial charge in [0.2, 0.25) is 0 Å². The quantitative estimate of drug-likeness (QED) is 0.596. The first-order valence-corrected chi connectivity index (χ1v) is 7.05. The SMILES string of the molecule is CNc1ccc(-n2nc3c4ccccc4[nH]cc-3c2=O)cc1. The zero-order valence-electron chi connectivity index (χ0n) is 12.0. The van der Waals surface area contributed by atoms with Gasteiger partial charge in [-0.3, -0.25) is 4.79 Å². The number of benzene rings is 2. The van der Waals surface area contributed by atoms with Gasteiger partial charge in [-0.2, -0.15) is 9.78 Å². The summed E-state index contributed by atoms with van der Waals surface area (Å²) in [7, 11) is 1.86. The van der Waals surface area contributed by atoms with Crippen molar-refractivity contribution in [3.05, 3.63) is 65.1 Å². The molecule has 0 radical (unpaired) electrons. The third kappa shape index (κ3) is 1.79. The lowest BCUT2D eigenvalue weighted by molar-refractivity contribution is 0.859. The fraction of sp³-hybridized carbons (Fsp3) is 0.0588. The van der Waals surface area contributed by atoms with Crippen LogP contribution in [-0.4, -0.2) is 21.8 Å². The first-order chi connectivity index (χ1) is 10.8. The van der Waals surface area contributed by atoms with E-state index in [-0.39, 0.29) is 5.56 Å². The summed E-state index contributed by atoms with van der Waals surface area (Å²) < 4.78 is 1.45. The maximum absolute atomic E-state index is 12.6. The highest BCUT2D eigenvalue weighted by Crippen LogP contribution is 2.25. The van der Waals surface area contributed by atoms with Crippen LogP contribution in [-0.2, 0) is 0 Å². The van der Waals surface area contributed by atoms with E-state index in [4.69, 9.17) is 0 Å². The molecule has 5 heteroatoms. The molecule has 2 N–H and O–H groups in total. The van der Waals surface area contributed by atoms with Crippen LogP contribution in [0.2, 0.25) is 0 Å². The van der Waals surface area contributed by atoms with E-state index in [1.165, 1.54) is 4.68 Å². The van der Waals surface area contributed by atoms with Crippen LogP contribution in [0.3, 0.4) is 0 Å². The lowest BCUT2D eigenvalue weighted by Gasteiger charge is -2.02. The van der Waals surface area contributed by atoms with Crippen LogP contribution in [0.25, 0.3) is 27.8 Å². The van der Waals surface area contributed by atoms with E-state index in [9.17, 15) is 4.79 Å². The van der Waals surface area contributed by atoms with Gasteiger partial charge in [0.1, 0.15) is 5.69 Å². The van der Waals surface area contributed by atoms with Gasteiger partial charge >= 0.3 is 0 Å². The number of hydrogen-bond donors (Lipinski definition) is 2. The molecule has 2 aromatic rings. The van der Waals surface area contributed by atoms with Gasteiger partial charge in [0.05, 0.1) is 11.3 Å². The van der Waals surface area contributed by atoms with Crippen LogP contribution in [0.4, 0.5) is 5.69 Å². The molecule has 5 nitrogen and oxygen atoms in total. The number of H-pyrrole nitrogens is 1. The molecule has 0 fully saturated rings. The Labute approximate surface area is 126 Å². The number of nitrogens with zero attached hydrogens (tertiary/aromatic N) is 2. The van der Waals surface area contributed by atoms with E-state index < -0.39 is 0 Å². The van der Waals surface area contributed by atoms with Crippen molar-refractivity contribution in [1.29, 1.82) is 0 Å². The fourth-order valence-corrected chi connectivity index (χ4v) is 2.65. The number of rotatable bonds is 2. The molecule has 0 saturated carbocycles. The molecule has 108 valence electrons. The summed E-state index contributed by atoms with van der Waals surface area (Å²) in [6, 6.07) is 15.4. The Morgan fingerprint density at radius 1 is 1.09 bits per heavy atom. The first-order valence-electron chi connectivity index (χ1n) is 7.05. The summed E-state index contributed by atoms with van der Waals surface area (Å²) in [6.45, 7) is 0. The Hall–Kier alpha value is -3.08. The Morgan fingerprint density at radius 2 is 1.86 bits per heavy atom. The van der Waals surface area contributed by atoms with Gasteiger partial charge in [-0.15, -0.1) is 0 Å². The summed E-state index contributed by atoms with van der Waals surface area (Å²) >= 11 is 0. The van der Waals surface area contributed by atoms with Crippen LogP contribution in [0.15, 0.2) is 59.5 Å². The molecule has 0 saturated heterocycles. The number of nitrogens with one attached hydrogen (secondary N) is 2. The number of aromatic amines is 1. The van der Waals surface area contributed by atoms with Gasteiger partial charge in [-0.1, -0.05) is 18.2 Å². The molecule has 0 amide bonds. The van der Waals surface area contributed by atoms with Gasteiger partial charge in [-0.25, -0.2) is 0 Å². The van der Waals surface area contributed by atoms with Gasteiger partial charge in [0.15, 0.2) is 0 Å². The number of fused-ring (bicyclic) bond motifs is 3. The molecule has 0 unspecified atom stereocenters. The van der Waals surface area contributed by atoms with E-state index in [1.54, 1.807) is 6.20 Å². The zero-order chi connectivity index (χ0) is 15.1. The third-order valence-electron chi connectivity index (χ3n) is 3.83. The summed E-state index contributed by atoms with van der Waals surface area (Å²) in [5.74, 6) is 0. The summed E-state index contributed by atoms with van der Waals surface area (Å²) in [6.07, 6.45) is 1.73. The Balaban J connectivity index is 1.98. The molecular formula is C17H14N4O. The van der Waals surface area contributed by atoms with Crippen molar-refractivity contribution in [1.82, 2.24) is 14.8 Å². The van der Waals surface area contributed by atoms with Crippen molar-refractivity contribution in [2.24, 2.45) is 0 Å². The van der Waals surface area contributed by atoms with Crippen LogP contribution in [0, 0.1) is 0 Å². The maximum atomic E-state index is 12.6. The van der Waals surface area contributed by atoms with Crippen molar-refractivity contribution >= 4 is 16.6 Å². The molecule has 0 bridgehead atoms. The normalized spacial score (nSPS) is 11.1. The van der Waals surface area contributed by atoms with Crippen LogP contribution in [0.1, 0.15) is 0 Å². The molecule has 2 aliphatic rings. The van der Waals surface area contributed by atoms with Gasteiger partial charge in [0.25, 0.3) is 5.56 Å². The second-order valence-electron chi connectivity index (χ2n) is 5.11. The molecule has 0 spiro atoms. The van der Waals surface area contributed by atoms with Crippen molar-refractivity contribution < 1.29 is 0 Å². The highest BCUT2D eigenvalue weighted by atomic mass is 16.1. The molecule has 22 heavy (non-hydrogen) atoms. The smallest absolute Gasteiger partial charge is 0.282 e. The monoisotopic (exact) mass is 290 g/mol. The lowest BCUT2D eigenvalue weighted by Crippen LogP contribution is -2.14. The number of hydrogen-bond acceptors (Lipinski definition) is 3. The average Bonchev–Trinajstić information content (AvgIpc) is 2.92. The molecule has 2 heterocycles. The van der Waals surface area contributed by atoms with E-state index in [2.05, 4.69) is 15.4 Å². The Kier molecular flexibility index (Phi) is 2.72. The molecule has 2 aromatic carbocycles. The lowest BCUT2D eigenvalue weighted by atomic mass is 10.1. The average molecular weight is 290 g/mol. The molecule has 0 aromatic heterocycles. The molecule has 0 aliphatic carbocycles. The van der Waals surface area contributed by atoms with E-state index in [0.29, 0.717) is 5.56 Å². The van der Waals surface area contributed by atoms with Gasteiger partial charge in [-0.05, 0) is 30.3 Å². The topological polar surface area (TPSA) is 62.7 Å². The molecule has 4 rings (SSSR count). The minimum absolute atomic E-state index is 0.116. The maximum Gasteiger partial charge on any atom is 0.282 e. The van der Waals surface area contributed by atoms with Gasteiger partial charge < -0.3 is 10.3 Å². The number of para-hydroxylation sites is 1. The second-order valence-corrected chi connectivity index (χ2v) is 5.11. The van der Waals surface area contributed by atoms with Crippen LogP contribution >= 0.6 is 0 Å². The minimum Gasteiger partial charge on any atom is -0.388 e. The number of aromatic nitrogens is 3. The predicted molar refractivity (Wildman–Crippen MR) is 87.9 cm³/mol. The van der Waals surface area contributed by atoms with E-state index in [1.807, 2.05) is 55.6 Å². The summed E-state index contributed by atoms with van der Waals surface area (Å²) in [4.78, 5) is 15.7. The van der Waals surface area contributed by atoms with Crippen molar-refractivity contribution in [2.45, 2.75) is 0 Å². The van der Waals surface area contributed by atoms with Crippen LogP contribution < -0.4 is 10.9 Å². The predicted octanol–water partition coefficient (Wildman–Crippen LogP) is 2.86. The van der Waals surface area contributed by atoms with Gasteiger partial charge in [0, 0.05) is 29.8 Å². The largest absolute Gasteiger partial charge is 0.388 e. The Bertz CT molecular complexity index is 982. The standard InChI is InChI=1S/C17H14N4O/c1-18-11-6-8-12(9-7-11)21-17(22)14-10-19-15-5-3-2-4-13(15)16(14)20-21/h2-10,18-19H,1H3. The molecule has 2 aliphatic heterocycles. The fourth-order valence-electron chi connectivity index (χ4n) is 2.65. The minimum atomic E-state index is -0.116. The highest BCUT2D eigenvalue weighted by Gasteiger charge is 2.18. The number of anilines is 1. The molecular weight excluding hydrogens is 276 g/mol. The Morgan fingerprint density at radius 3 is 2.64 bits per heavy atom. The van der Waals surface area contributed by atoms with Crippen molar-refractivity contribution in [2.75, 3.05) is 12.4 Å². The third-order valence-corrected chi connectivity index (χ3v) is 3.83. The first kappa shape index (κ1) is 12.6.